The molecule has 140 valence electrons. The number of hydrogen-bond acceptors (Lipinski definition) is 2. The number of aliphatic carboxylic acids is 1. The topological polar surface area (TPSA) is 57.5 Å². The van der Waals surface area contributed by atoms with Crippen LogP contribution >= 0.6 is 0 Å². The summed E-state index contributed by atoms with van der Waals surface area (Å²) in [6.45, 7) is 2.14. The summed E-state index contributed by atoms with van der Waals surface area (Å²) in [7, 11) is 0. The number of carboxylic acid groups (broad SMARTS) is 1. The van der Waals surface area contributed by atoms with Gasteiger partial charge in [0.15, 0.2) is 0 Å². The summed E-state index contributed by atoms with van der Waals surface area (Å²) in [5.74, 6) is -0.853. The maximum atomic E-state index is 10.4. The molecule has 0 aromatic carbocycles. The third kappa shape index (κ3) is 20.1. The quantitative estimate of drug-likeness (QED) is 0.372. The van der Waals surface area contributed by atoms with Gasteiger partial charge in [0.05, 0.1) is 6.10 Å². The molecule has 1 unspecified atom stereocenters. The van der Waals surface area contributed by atoms with Gasteiger partial charge in [-0.05, 0) is 51.4 Å². The van der Waals surface area contributed by atoms with Crippen LogP contribution in [0, 0.1) is 0 Å². The lowest BCUT2D eigenvalue weighted by atomic mass is 10.1. The number of aliphatic hydroxyl groups excluding tert-OH is 1. The molecule has 0 aliphatic heterocycles. The fraction of sp³-hybridized carbons (Fsp3) is 0.500. The van der Waals surface area contributed by atoms with Crippen molar-refractivity contribution in [1.29, 1.82) is 0 Å². The fourth-order valence-electron chi connectivity index (χ4n) is 2.09. The SMILES string of the molecule is CCC=CCC=CCC=CCC=CCC=CCCC(O)CCC(=O)O. The number of allylic oxidation sites excluding steroid dienone is 10. The summed E-state index contributed by atoms with van der Waals surface area (Å²) in [6.07, 6.45) is 27.7. The Labute approximate surface area is 153 Å². The third-order valence-electron chi connectivity index (χ3n) is 3.52. The van der Waals surface area contributed by atoms with E-state index in [1.807, 2.05) is 6.08 Å². The third-order valence-corrected chi connectivity index (χ3v) is 3.52. The van der Waals surface area contributed by atoms with Crippen LogP contribution in [0.15, 0.2) is 60.8 Å². The van der Waals surface area contributed by atoms with E-state index in [1.54, 1.807) is 0 Å². The zero-order valence-corrected chi connectivity index (χ0v) is 15.5. The average Bonchev–Trinajstić information content (AvgIpc) is 2.59. The maximum Gasteiger partial charge on any atom is 0.303 e. The number of rotatable bonds is 15. The number of hydrogen-bond donors (Lipinski definition) is 2. The number of carboxylic acids is 1. The van der Waals surface area contributed by atoms with Crippen LogP contribution in [0.3, 0.4) is 0 Å². The van der Waals surface area contributed by atoms with Crippen molar-refractivity contribution in [2.75, 3.05) is 0 Å². The molecule has 0 fully saturated rings. The molecule has 0 amide bonds. The fourth-order valence-corrected chi connectivity index (χ4v) is 2.09. The Morgan fingerprint density at radius 3 is 1.64 bits per heavy atom. The standard InChI is InChI=1S/C22H34O3/c1-2-3-4-5-6-7-8-9-10-11-12-13-14-15-16-17-18-21(23)19-20-22(24)25/h3-4,6-7,9-10,12-13,15-16,21,23H,2,5,8,11,14,17-20H2,1H3,(H,24,25). The number of carbonyl (C=O) groups is 1. The molecule has 2 N–H and O–H groups in total. The van der Waals surface area contributed by atoms with E-state index in [9.17, 15) is 9.90 Å². The van der Waals surface area contributed by atoms with Gasteiger partial charge in [0, 0.05) is 6.42 Å². The van der Waals surface area contributed by atoms with E-state index in [-0.39, 0.29) is 6.42 Å². The van der Waals surface area contributed by atoms with Gasteiger partial charge < -0.3 is 10.2 Å². The van der Waals surface area contributed by atoms with Gasteiger partial charge in [-0.1, -0.05) is 67.7 Å². The lowest BCUT2D eigenvalue weighted by Gasteiger charge is -2.06. The Morgan fingerprint density at radius 1 is 0.760 bits per heavy atom. The predicted molar refractivity (Wildman–Crippen MR) is 107 cm³/mol. The van der Waals surface area contributed by atoms with Crippen molar-refractivity contribution < 1.29 is 15.0 Å². The van der Waals surface area contributed by atoms with Crippen LogP contribution in [-0.2, 0) is 4.79 Å². The molecule has 25 heavy (non-hydrogen) atoms. The molecule has 0 aliphatic rings. The van der Waals surface area contributed by atoms with Crippen LogP contribution in [0.5, 0.6) is 0 Å². The molecule has 0 aliphatic carbocycles. The maximum absolute atomic E-state index is 10.4. The molecule has 0 heterocycles. The summed E-state index contributed by atoms with van der Waals surface area (Å²) < 4.78 is 0. The van der Waals surface area contributed by atoms with Crippen LogP contribution in [-0.4, -0.2) is 22.3 Å². The van der Waals surface area contributed by atoms with E-state index in [4.69, 9.17) is 5.11 Å². The zero-order valence-electron chi connectivity index (χ0n) is 15.5. The van der Waals surface area contributed by atoms with Crippen molar-refractivity contribution in [3.8, 4) is 0 Å². The highest BCUT2D eigenvalue weighted by molar-refractivity contribution is 5.66. The normalized spacial score (nSPS) is 14.0. The van der Waals surface area contributed by atoms with Crippen molar-refractivity contribution in [1.82, 2.24) is 0 Å². The summed E-state index contributed by atoms with van der Waals surface area (Å²) in [5, 5.41) is 18.1. The van der Waals surface area contributed by atoms with Crippen LogP contribution in [0.25, 0.3) is 0 Å². The highest BCUT2D eigenvalue weighted by Gasteiger charge is 2.05. The first-order chi connectivity index (χ1) is 12.2. The molecule has 0 saturated carbocycles. The van der Waals surface area contributed by atoms with Crippen molar-refractivity contribution in [2.24, 2.45) is 0 Å². The van der Waals surface area contributed by atoms with E-state index < -0.39 is 12.1 Å². The highest BCUT2D eigenvalue weighted by atomic mass is 16.4. The Bertz CT molecular complexity index is 456. The molecule has 3 nitrogen and oxygen atoms in total. The molecule has 1 atom stereocenters. The van der Waals surface area contributed by atoms with Crippen molar-refractivity contribution in [3.63, 3.8) is 0 Å². The van der Waals surface area contributed by atoms with Gasteiger partial charge in [-0.15, -0.1) is 0 Å². The van der Waals surface area contributed by atoms with E-state index in [2.05, 4.69) is 61.6 Å². The molecule has 0 spiro atoms. The Morgan fingerprint density at radius 2 is 1.20 bits per heavy atom. The van der Waals surface area contributed by atoms with Gasteiger partial charge in [0.2, 0.25) is 0 Å². The summed E-state index contributed by atoms with van der Waals surface area (Å²) in [6, 6.07) is 0. The Kier molecular flexibility index (Phi) is 17.1. The van der Waals surface area contributed by atoms with E-state index >= 15 is 0 Å². The smallest absolute Gasteiger partial charge is 0.303 e. The average molecular weight is 347 g/mol. The first-order valence-electron chi connectivity index (χ1n) is 9.31. The minimum atomic E-state index is -0.853. The molecule has 0 aromatic rings. The first-order valence-corrected chi connectivity index (χ1v) is 9.31. The van der Waals surface area contributed by atoms with Crippen molar-refractivity contribution >= 4 is 5.97 Å². The zero-order chi connectivity index (χ0) is 18.6. The van der Waals surface area contributed by atoms with E-state index in [1.165, 1.54) is 0 Å². The molecule has 0 bridgehead atoms. The van der Waals surface area contributed by atoms with Gasteiger partial charge in [-0.25, -0.2) is 0 Å². The van der Waals surface area contributed by atoms with Crippen molar-refractivity contribution in [3.05, 3.63) is 60.8 Å². The van der Waals surface area contributed by atoms with Crippen LogP contribution < -0.4 is 0 Å². The predicted octanol–water partition coefficient (Wildman–Crippen LogP) is 5.74. The Hall–Kier alpha value is -1.87. The van der Waals surface area contributed by atoms with E-state index in [0.29, 0.717) is 12.8 Å². The summed E-state index contributed by atoms with van der Waals surface area (Å²) in [4.78, 5) is 10.4. The van der Waals surface area contributed by atoms with Crippen LogP contribution in [0.2, 0.25) is 0 Å². The molecular weight excluding hydrogens is 312 g/mol. The second-order valence-corrected chi connectivity index (χ2v) is 5.87. The minimum absolute atomic E-state index is 0.0346. The van der Waals surface area contributed by atoms with Crippen molar-refractivity contribution in [2.45, 2.75) is 70.8 Å². The van der Waals surface area contributed by atoms with Crippen LogP contribution in [0.4, 0.5) is 0 Å². The molecule has 0 rings (SSSR count). The van der Waals surface area contributed by atoms with E-state index in [0.717, 1.165) is 38.5 Å². The van der Waals surface area contributed by atoms with Crippen LogP contribution in [0.1, 0.15) is 64.7 Å². The second-order valence-electron chi connectivity index (χ2n) is 5.87. The summed E-state index contributed by atoms with van der Waals surface area (Å²) >= 11 is 0. The first kappa shape index (κ1) is 23.1. The highest BCUT2D eigenvalue weighted by Crippen LogP contribution is 2.06. The van der Waals surface area contributed by atoms with Gasteiger partial charge in [0.25, 0.3) is 0 Å². The lowest BCUT2D eigenvalue weighted by molar-refractivity contribution is -0.137. The Balaban J connectivity index is 3.54. The second kappa shape index (κ2) is 18.5. The van der Waals surface area contributed by atoms with Gasteiger partial charge in [0.1, 0.15) is 0 Å². The minimum Gasteiger partial charge on any atom is -0.481 e. The van der Waals surface area contributed by atoms with Gasteiger partial charge >= 0.3 is 5.97 Å². The monoisotopic (exact) mass is 346 g/mol. The molecule has 0 saturated heterocycles. The van der Waals surface area contributed by atoms with Gasteiger partial charge in [-0.3, -0.25) is 4.79 Å². The molecule has 0 aromatic heterocycles. The summed E-state index contributed by atoms with van der Waals surface area (Å²) in [5.41, 5.74) is 0. The number of aliphatic hydroxyl groups is 1. The molecular formula is C22H34O3. The molecule has 0 radical (unpaired) electrons. The largest absolute Gasteiger partial charge is 0.481 e. The molecule has 3 heteroatoms. The van der Waals surface area contributed by atoms with Gasteiger partial charge in [-0.2, -0.15) is 0 Å². The lowest BCUT2D eigenvalue weighted by Crippen LogP contribution is -2.08.